The third-order valence-electron chi connectivity index (χ3n) is 4.04. The van der Waals surface area contributed by atoms with Crippen molar-refractivity contribution in [3.8, 4) is 11.5 Å². The zero-order valence-electron chi connectivity index (χ0n) is 15.9. The normalized spacial score (nSPS) is 11.1. The zero-order chi connectivity index (χ0) is 20.7. The van der Waals surface area contributed by atoms with Gasteiger partial charge in [0.1, 0.15) is 16.4 Å². The van der Waals surface area contributed by atoms with E-state index in [1.54, 1.807) is 31.3 Å². The molecule has 0 atom stereocenters. The highest BCUT2D eigenvalue weighted by Crippen LogP contribution is 2.25. The summed E-state index contributed by atoms with van der Waals surface area (Å²) >= 11 is 5.83. The van der Waals surface area contributed by atoms with E-state index in [1.165, 1.54) is 37.3 Å². The van der Waals surface area contributed by atoms with Crippen LogP contribution in [0.2, 0.25) is 5.02 Å². The average molecular weight is 427 g/mol. The maximum absolute atomic E-state index is 12.6. The van der Waals surface area contributed by atoms with E-state index in [1.807, 2.05) is 0 Å². The lowest BCUT2D eigenvalue weighted by atomic mass is 10.2. The third kappa shape index (κ3) is 5.60. The van der Waals surface area contributed by atoms with Crippen molar-refractivity contribution in [3.05, 3.63) is 53.1 Å². The third-order valence-corrected chi connectivity index (χ3v) is 5.72. The molecule has 0 aromatic heterocycles. The molecule has 2 rings (SSSR count). The number of hydrogen-bond acceptors (Lipinski definition) is 5. The van der Waals surface area contributed by atoms with Crippen LogP contribution in [0, 0.1) is 0 Å². The Morgan fingerprint density at radius 3 is 2.46 bits per heavy atom. The Labute approximate surface area is 170 Å². The molecule has 0 saturated carbocycles. The molecule has 0 saturated heterocycles. The van der Waals surface area contributed by atoms with E-state index >= 15 is 0 Å². The SMILES string of the molecule is CNS(=O)(=O)c1cc(C(=O)N(C)CCCOc2ccc(Cl)cc2)ccc1OC. The predicted octanol–water partition coefficient (Wildman–Crippen LogP) is 2.80. The molecule has 28 heavy (non-hydrogen) atoms. The van der Waals surface area contributed by atoms with Crippen molar-refractivity contribution in [3.63, 3.8) is 0 Å². The number of halogens is 1. The maximum atomic E-state index is 12.6. The summed E-state index contributed by atoms with van der Waals surface area (Å²) in [4.78, 5) is 14.1. The van der Waals surface area contributed by atoms with E-state index in [0.29, 0.717) is 30.3 Å². The van der Waals surface area contributed by atoms with Crippen LogP contribution in [0.25, 0.3) is 0 Å². The molecule has 0 bridgehead atoms. The summed E-state index contributed by atoms with van der Waals surface area (Å²) in [6.07, 6.45) is 0.614. The molecule has 0 spiro atoms. The molecule has 9 heteroatoms. The molecule has 0 heterocycles. The Bertz CT molecular complexity index is 916. The van der Waals surface area contributed by atoms with Crippen molar-refractivity contribution in [1.29, 1.82) is 0 Å². The summed E-state index contributed by atoms with van der Waals surface area (Å²) in [6, 6.07) is 11.4. The van der Waals surface area contributed by atoms with Gasteiger partial charge in [-0.2, -0.15) is 0 Å². The molecule has 0 radical (unpaired) electrons. The summed E-state index contributed by atoms with van der Waals surface area (Å²) in [5, 5.41) is 0.636. The molecule has 0 aliphatic heterocycles. The van der Waals surface area contributed by atoms with Crippen molar-refractivity contribution in [2.45, 2.75) is 11.3 Å². The van der Waals surface area contributed by atoms with Crippen LogP contribution in [0.5, 0.6) is 11.5 Å². The van der Waals surface area contributed by atoms with Gasteiger partial charge in [0.25, 0.3) is 5.91 Å². The Hall–Kier alpha value is -2.29. The summed E-state index contributed by atoms with van der Waals surface area (Å²) < 4.78 is 37.2. The first-order valence-electron chi connectivity index (χ1n) is 8.54. The first kappa shape index (κ1) is 22.0. The standard InChI is InChI=1S/C19H23ClN2O5S/c1-21-28(24,25)18-13-14(5-10-17(18)26-3)19(23)22(2)11-4-12-27-16-8-6-15(20)7-9-16/h5-10,13,21H,4,11-12H2,1-3H3. The topological polar surface area (TPSA) is 84.9 Å². The molecule has 7 nitrogen and oxygen atoms in total. The quantitative estimate of drug-likeness (QED) is 0.623. The molecule has 0 fully saturated rings. The van der Waals surface area contributed by atoms with E-state index in [4.69, 9.17) is 21.1 Å². The smallest absolute Gasteiger partial charge is 0.253 e. The fourth-order valence-corrected chi connectivity index (χ4v) is 3.52. The molecule has 0 unspecified atom stereocenters. The molecule has 1 N–H and O–H groups in total. The van der Waals surface area contributed by atoms with Crippen LogP contribution in [-0.2, 0) is 10.0 Å². The summed E-state index contributed by atoms with van der Waals surface area (Å²) in [5.41, 5.74) is 0.260. The number of ether oxygens (including phenoxy) is 2. The number of rotatable bonds is 9. The van der Waals surface area contributed by atoms with Gasteiger partial charge in [-0.25, -0.2) is 13.1 Å². The number of methoxy groups -OCH3 is 1. The summed E-state index contributed by atoms with van der Waals surface area (Å²) in [6.45, 7) is 0.883. The number of sulfonamides is 1. The number of hydrogen-bond donors (Lipinski definition) is 1. The van der Waals surface area contributed by atoms with E-state index in [9.17, 15) is 13.2 Å². The van der Waals surface area contributed by atoms with Gasteiger partial charge in [-0.05, 0) is 55.9 Å². The minimum Gasteiger partial charge on any atom is -0.495 e. The fraction of sp³-hybridized carbons (Fsp3) is 0.316. The number of carbonyl (C=O) groups excluding carboxylic acids is 1. The number of carbonyl (C=O) groups is 1. The Morgan fingerprint density at radius 2 is 1.86 bits per heavy atom. The highest BCUT2D eigenvalue weighted by atomic mass is 35.5. The highest BCUT2D eigenvalue weighted by Gasteiger charge is 2.21. The Kier molecular flexibility index (Phi) is 7.68. The first-order chi connectivity index (χ1) is 13.3. The van der Waals surface area contributed by atoms with Gasteiger partial charge in [-0.3, -0.25) is 4.79 Å². The second kappa shape index (κ2) is 9.77. The molecule has 2 aromatic carbocycles. The van der Waals surface area contributed by atoms with Crippen LogP contribution in [0.15, 0.2) is 47.4 Å². The van der Waals surface area contributed by atoms with Crippen LogP contribution in [0.1, 0.15) is 16.8 Å². The molecule has 152 valence electrons. The molecular formula is C19H23ClN2O5S. The lowest BCUT2D eigenvalue weighted by molar-refractivity contribution is 0.0787. The van der Waals surface area contributed by atoms with Gasteiger partial charge >= 0.3 is 0 Å². The lowest BCUT2D eigenvalue weighted by Crippen LogP contribution is -2.29. The van der Waals surface area contributed by atoms with E-state index in [2.05, 4.69) is 4.72 Å². The fourth-order valence-electron chi connectivity index (χ4n) is 2.47. The zero-order valence-corrected chi connectivity index (χ0v) is 17.5. The largest absolute Gasteiger partial charge is 0.495 e. The van der Waals surface area contributed by atoms with Crippen molar-refractivity contribution in [2.24, 2.45) is 0 Å². The van der Waals surface area contributed by atoms with E-state index < -0.39 is 10.0 Å². The van der Waals surface area contributed by atoms with Gasteiger partial charge in [0.05, 0.1) is 13.7 Å². The van der Waals surface area contributed by atoms with Crippen LogP contribution in [0.4, 0.5) is 0 Å². The summed E-state index contributed by atoms with van der Waals surface area (Å²) in [7, 11) is 0.576. The van der Waals surface area contributed by atoms with Gasteiger partial charge < -0.3 is 14.4 Å². The van der Waals surface area contributed by atoms with Crippen LogP contribution >= 0.6 is 11.6 Å². The van der Waals surface area contributed by atoms with Crippen LogP contribution in [-0.4, -0.2) is 53.6 Å². The second-order valence-corrected chi connectivity index (χ2v) is 8.25. The molecule has 2 aromatic rings. The Balaban J connectivity index is 1.98. The van der Waals surface area contributed by atoms with Gasteiger partial charge in [0.2, 0.25) is 10.0 Å². The van der Waals surface area contributed by atoms with Crippen LogP contribution < -0.4 is 14.2 Å². The monoisotopic (exact) mass is 426 g/mol. The van der Waals surface area contributed by atoms with Gasteiger partial charge in [-0.15, -0.1) is 0 Å². The molecule has 0 aliphatic rings. The highest BCUT2D eigenvalue weighted by molar-refractivity contribution is 7.89. The van der Waals surface area contributed by atoms with E-state index in [-0.39, 0.29) is 22.1 Å². The van der Waals surface area contributed by atoms with Gasteiger partial charge in [0, 0.05) is 24.2 Å². The number of amides is 1. The van der Waals surface area contributed by atoms with E-state index in [0.717, 1.165) is 0 Å². The first-order valence-corrected chi connectivity index (χ1v) is 10.4. The molecule has 1 amide bonds. The number of benzene rings is 2. The minimum atomic E-state index is -3.75. The lowest BCUT2D eigenvalue weighted by Gasteiger charge is -2.18. The second-order valence-electron chi connectivity index (χ2n) is 5.96. The van der Waals surface area contributed by atoms with Crippen molar-refractivity contribution < 1.29 is 22.7 Å². The van der Waals surface area contributed by atoms with Crippen molar-refractivity contribution in [1.82, 2.24) is 9.62 Å². The van der Waals surface area contributed by atoms with Crippen molar-refractivity contribution in [2.75, 3.05) is 34.4 Å². The average Bonchev–Trinajstić information content (AvgIpc) is 2.71. The van der Waals surface area contributed by atoms with Crippen molar-refractivity contribution >= 4 is 27.5 Å². The van der Waals surface area contributed by atoms with Gasteiger partial charge in [0.15, 0.2) is 0 Å². The molecule has 0 aliphatic carbocycles. The van der Waals surface area contributed by atoms with Crippen LogP contribution in [0.3, 0.4) is 0 Å². The summed E-state index contributed by atoms with van der Waals surface area (Å²) in [5.74, 6) is 0.585. The van der Waals surface area contributed by atoms with Gasteiger partial charge in [-0.1, -0.05) is 11.6 Å². The number of nitrogens with zero attached hydrogens (tertiary/aromatic N) is 1. The maximum Gasteiger partial charge on any atom is 0.253 e. The minimum absolute atomic E-state index is 0.0807. The predicted molar refractivity (Wildman–Crippen MR) is 108 cm³/mol. The molecular weight excluding hydrogens is 404 g/mol. The Morgan fingerprint density at radius 1 is 1.18 bits per heavy atom. The number of nitrogens with one attached hydrogen (secondary N) is 1.